The molecule has 1 atom stereocenters. The minimum atomic E-state index is -0.388. The fraction of sp³-hybridized carbons (Fsp3) is 0.455. The van der Waals surface area contributed by atoms with E-state index in [1.54, 1.807) is 0 Å². The Morgan fingerprint density at radius 2 is 2.20 bits per heavy atom. The number of amides is 2. The highest BCUT2D eigenvalue weighted by Gasteiger charge is 2.16. The molecule has 0 aromatic carbocycles. The molecule has 1 aromatic rings. The van der Waals surface area contributed by atoms with Crippen LogP contribution in [0.4, 0.5) is 10.6 Å². The summed E-state index contributed by atoms with van der Waals surface area (Å²) in [6.45, 7) is 1.97. The second-order valence-corrected chi connectivity index (χ2v) is 5.45. The Morgan fingerprint density at radius 1 is 1.40 bits per heavy atom. The lowest BCUT2D eigenvalue weighted by Gasteiger charge is -2.12. The van der Waals surface area contributed by atoms with Crippen LogP contribution >= 0.6 is 34.8 Å². The van der Waals surface area contributed by atoms with Crippen LogP contribution in [0.25, 0.3) is 0 Å². The van der Waals surface area contributed by atoms with Gasteiger partial charge in [-0.2, -0.15) is 0 Å². The number of rotatable bonds is 4. The molecule has 9 heteroatoms. The number of nitrogens with one attached hydrogen (secondary N) is 3. The van der Waals surface area contributed by atoms with Crippen molar-refractivity contribution in [3.63, 3.8) is 0 Å². The van der Waals surface area contributed by atoms with E-state index in [9.17, 15) is 4.79 Å². The molecule has 2 rings (SSSR count). The van der Waals surface area contributed by atoms with Gasteiger partial charge in [0.25, 0.3) is 0 Å². The van der Waals surface area contributed by atoms with Gasteiger partial charge in [-0.1, -0.05) is 34.8 Å². The van der Waals surface area contributed by atoms with Crippen LogP contribution in [0.5, 0.6) is 0 Å². The number of aromatic nitrogens is 1. The molecule has 1 aromatic heterocycles. The van der Waals surface area contributed by atoms with Crippen LogP contribution in [0.15, 0.2) is 6.07 Å². The van der Waals surface area contributed by atoms with Gasteiger partial charge in [0, 0.05) is 19.1 Å². The standard InChI is InChI=1S/C11H13Cl3N4O2/c12-7-3-8(13)10(16-9(7)14)17-18-11(19)15-4-6-1-2-20-5-6/h3,6H,1-2,4-5H2,(H,16,17)(H2,15,18,19). The number of hydrazine groups is 1. The predicted octanol–water partition coefficient (Wildman–Crippen LogP) is 2.70. The molecule has 3 N–H and O–H groups in total. The van der Waals surface area contributed by atoms with E-state index >= 15 is 0 Å². The second-order valence-electron chi connectivity index (χ2n) is 4.28. The Bertz CT molecular complexity index is 495. The van der Waals surface area contributed by atoms with Crippen molar-refractivity contribution in [1.82, 2.24) is 15.7 Å². The first-order valence-electron chi connectivity index (χ1n) is 5.95. The Morgan fingerprint density at radius 3 is 2.90 bits per heavy atom. The van der Waals surface area contributed by atoms with Gasteiger partial charge in [-0.05, 0) is 12.5 Å². The smallest absolute Gasteiger partial charge is 0.333 e. The highest BCUT2D eigenvalue weighted by atomic mass is 35.5. The van der Waals surface area contributed by atoms with E-state index in [4.69, 9.17) is 39.5 Å². The Labute approximate surface area is 131 Å². The molecule has 0 radical (unpaired) electrons. The number of anilines is 1. The summed E-state index contributed by atoms with van der Waals surface area (Å²) in [5.74, 6) is 0.577. The Balaban J connectivity index is 1.79. The fourth-order valence-electron chi connectivity index (χ4n) is 1.67. The average molecular weight is 340 g/mol. The van der Waals surface area contributed by atoms with Crippen LogP contribution in [0.1, 0.15) is 6.42 Å². The summed E-state index contributed by atoms with van der Waals surface area (Å²) in [7, 11) is 0. The Kier molecular flexibility index (Phi) is 5.54. The van der Waals surface area contributed by atoms with E-state index in [0.717, 1.165) is 13.0 Å². The molecule has 1 aliphatic heterocycles. The van der Waals surface area contributed by atoms with Gasteiger partial charge in [0.05, 0.1) is 16.7 Å². The van der Waals surface area contributed by atoms with Crippen LogP contribution < -0.4 is 16.2 Å². The molecule has 0 saturated carbocycles. The fourth-order valence-corrected chi connectivity index (χ4v) is 2.22. The molecule has 0 aliphatic carbocycles. The molecule has 1 aliphatic rings. The number of ether oxygens (including phenoxy) is 1. The lowest BCUT2D eigenvalue weighted by atomic mass is 10.1. The molecule has 0 bridgehead atoms. The second kappa shape index (κ2) is 7.17. The maximum atomic E-state index is 11.6. The van der Waals surface area contributed by atoms with Crippen molar-refractivity contribution in [1.29, 1.82) is 0 Å². The van der Waals surface area contributed by atoms with Gasteiger partial charge in [-0.15, -0.1) is 0 Å². The molecular formula is C11H13Cl3N4O2. The zero-order valence-electron chi connectivity index (χ0n) is 10.4. The van der Waals surface area contributed by atoms with Gasteiger partial charge >= 0.3 is 6.03 Å². The number of hydrogen-bond acceptors (Lipinski definition) is 4. The zero-order chi connectivity index (χ0) is 14.5. The summed E-state index contributed by atoms with van der Waals surface area (Å²) in [6, 6.07) is 1.05. The molecule has 1 unspecified atom stereocenters. The van der Waals surface area contributed by atoms with Gasteiger partial charge in [-0.25, -0.2) is 9.78 Å². The third-order valence-electron chi connectivity index (χ3n) is 2.76. The first-order valence-corrected chi connectivity index (χ1v) is 7.09. The van der Waals surface area contributed by atoms with Crippen molar-refractivity contribution in [3.8, 4) is 0 Å². The van der Waals surface area contributed by atoms with Gasteiger partial charge in [0.1, 0.15) is 5.15 Å². The third kappa shape index (κ3) is 4.28. The van der Waals surface area contributed by atoms with E-state index in [1.165, 1.54) is 6.07 Å². The van der Waals surface area contributed by atoms with Gasteiger partial charge < -0.3 is 10.1 Å². The van der Waals surface area contributed by atoms with Crippen molar-refractivity contribution in [2.75, 3.05) is 25.2 Å². The highest BCUT2D eigenvalue weighted by molar-refractivity contribution is 6.42. The molecule has 2 amide bonds. The maximum absolute atomic E-state index is 11.6. The number of hydrogen-bond donors (Lipinski definition) is 3. The minimum absolute atomic E-state index is 0.101. The predicted molar refractivity (Wildman–Crippen MR) is 78.4 cm³/mol. The first kappa shape index (κ1) is 15.4. The SMILES string of the molecule is O=C(NCC1CCOC1)NNc1nc(Cl)c(Cl)cc1Cl. The van der Waals surface area contributed by atoms with E-state index in [0.29, 0.717) is 19.1 Å². The minimum Gasteiger partial charge on any atom is -0.381 e. The molecule has 20 heavy (non-hydrogen) atoms. The normalized spacial score (nSPS) is 17.9. The number of halogens is 3. The zero-order valence-corrected chi connectivity index (χ0v) is 12.6. The maximum Gasteiger partial charge on any atom is 0.333 e. The van der Waals surface area contributed by atoms with E-state index in [2.05, 4.69) is 21.2 Å². The van der Waals surface area contributed by atoms with E-state index in [-0.39, 0.29) is 27.0 Å². The summed E-state index contributed by atoms with van der Waals surface area (Å²) >= 11 is 17.4. The number of carbonyl (C=O) groups excluding carboxylic acids is 1. The average Bonchev–Trinajstić information content (AvgIpc) is 2.92. The Hall–Kier alpha value is -0.950. The largest absolute Gasteiger partial charge is 0.381 e. The number of carbonyl (C=O) groups is 1. The monoisotopic (exact) mass is 338 g/mol. The van der Waals surface area contributed by atoms with Crippen LogP contribution in [0, 0.1) is 5.92 Å². The van der Waals surface area contributed by atoms with Crippen LogP contribution in [0.2, 0.25) is 15.2 Å². The van der Waals surface area contributed by atoms with Crippen molar-refractivity contribution in [2.45, 2.75) is 6.42 Å². The highest BCUT2D eigenvalue weighted by Crippen LogP contribution is 2.28. The molecule has 1 saturated heterocycles. The van der Waals surface area contributed by atoms with Crippen molar-refractivity contribution in [2.24, 2.45) is 5.92 Å². The lowest BCUT2D eigenvalue weighted by molar-refractivity contribution is 0.185. The molecular weight excluding hydrogens is 327 g/mol. The summed E-state index contributed by atoms with van der Waals surface area (Å²) in [5.41, 5.74) is 5.00. The third-order valence-corrected chi connectivity index (χ3v) is 3.72. The van der Waals surface area contributed by atoms with Crippen LogP contribution in [-0.2, 0) is 4.74 Å². The van der Waals surface area contributed by atoms with Crippen molar-refractivity contribution < 1.29 is 9.53 Å². The van der Waals surface area contributed by atoms with Gasteiger partial charge in [0.15, 0.2) is 5.82 Å². The van der Waals surface area contributed by atoms with Crippen LogP contribution in [-0.4, -0.2) is 30.8 Å². The van der Waals surface area contributed by atoms with Crippen molar-refractivity contribution in [3.05, 3.63) is 21.3 Å². The van der Waals surface area contributed by atoms with Crippen LogP contribution in [0.3, 0.4) is 0 Å². The van der Waals surface area contributed by atoms with E-state index in [1.807, 2.05) is 0 Å². The molecule has 110 valence electrons. The molecule has 2 heterocycles. The number of urea groups is 1. The summed E-state index contributed by atoms with van der Waals surface area (Å²) < 4.78 is 5.22. The quantitative estimate of drug-likeness (QED) is 0.582. The lowest BCUT2D eigenvalue weighted by Crippen LogP contribution is -2.41. The summed E-state index contributed by atoms with van der Waals surface area (Å²) in [5, 5.41) is 3.32. The topological polar surface area (TPSA) is 75.3 Å². The molecule has 0 spiro atoms. The molecule has 1 fully saturated rings. The molecule has 6 nitrogen and oxygen atoms in total. The number of nitrogens with zero attached hydrogens (tertiary/aromatic N) is 1. The van der Waals surface area contributed by atoms with Gasteiger partial charge in [-0.3, -0.25) is 10.9 Å². The number of pyridine rings is 1. The van der Waals surface area contributed by atoms with E-state index < -0.39 is 0 Å². The summed E-state index contributed by atoms with van der Waals surface area (Å²) in [4.78, 5) is 15.5. The first-order chi connectivity index (χ1) is 9.56. The van der Waals surface area contributed by atoms with Crippen molar-refractivity contribution >= 4 is 46.7 Å². The van der Waals surface area contributed by atoms with Gasteiger partial charge in [0.2, 0.25) is 0 Å². The summed E-state index contributed by atoms with van der Waals surface area (Å²) in [6.07, 6.45) is 0.952.